The quantitative estimate of drug-likeness (QED) is 0.734. The van der Waals surface area contributed by atoms with E-state index in [0.717, 1.165) is 11.3 Å². The summed E-state index contributed by atoms with van der Waals surface area (Å²) in [5.41, 5.74) is 5.25. The van der Waals surface area contributed by atoms with Crippen LogP contribution in [0.5, 0.6) is 0 Å². The number of nitrogens with one attached hydrogen (secondary N) is 1. The number of hydrogen-bond donors (Lipinski definition) is 3. The summed E-state index contributed by atoms with van der Waals surface area (Å²) in [4.78, 5) is 16.2. The molecule has 6 heteroatoms. The molecule has 0 aromatic carbocycles. The van der Waals surface area contributed by atoms with Gasteiger partial charge < -0.3 is 16.2 Å². The van der Waals surface area contributed by atoms with Crippen LogP contribution in [-0.4, -0.2) is 28.1 Å². The van der Waals surface area contributed by atoms with Crippen LogP contribution in [0.4, 0.5) is 5.13 Å². The Morgan fingerprint density at radius 3 is 2.75 bits per heavy atom. The zero-order valence-corrected chi connectivity index (χ0v) is 10.5. The van der Waals surface area contributed by atoms with E-state index >= 15 is 0 Å². The molecule has 1 atom stereocenters. The van der Waals surface area contributed by atoms with E-state index in [1.54, 1.807) is 13.8 Å². The van der Waals surface area contributed by atoms with Gasteiger partial charge in [-0.3, -0.25) is 4.79 Å². The molecule has 0 radical (unpaired) electrons. The molecule has 0 saturated heterocycles. The SMILES string of the molecule is CCC(C)(O)CNC(=O)c1sc(N)nc1C. The average Bonchev–Trinajstić information content (AvgIpc) is 2.54. The Balaban J connectivity index is 2.63. The van der Waals surface area contributed by atoms with Gasteiger partial charge in [0.25, 0.3) is 5.91 Å². The normalized spacial score (nSPS) is 14.5. The highest BCUT2D eigenvalue weighted by molar-refractivity contribution is 7.17. The maximum absolute atomic E-state index is 11.7. The maximum atomic E-state index is 11.7. The van der Waals surface area contributed by atoms with Crippen LogP contribution in [-0.2, 0) is 0 Å². The van der Waals surface area contributed by atoms with E-state index in [1.807, 2.05) is 6.92 Å². The Kier molecular flexibility index (Phi) is 3.88. The van der Waals surface area contributed by atoms with Crippen molar-refractivity contribution in [1.82, 2.24) is 10.3 Å². The third-order valence-corrected chi connectivity index (χ3v) is 3.40. The van der Waals surface area contributed by atoms with Crippen molar-refractivity contribution in [2.45, 2.75) is 32.8 Å². The monoisotopic (exact) mass is 243 g/mol. The van der Waals surface area contributed by atoms with Crippen LogP contribution in [0, 0.1) is 6.92 Å². The first-order valence-electron chi connectivity index (χ1n) is 5.09. The van der Waals surface area contributed by atoms with E-state index in [2.05, 4.69) is 10.3 Å². The van der Waals surface area contributed by atoms with Gasteiger partial charge in [0, 0.05) is 6.54 Å². The highest BCUT2D eigenvalue weighted by Gasteiger charge is 2.20. The molecule has 0 spiro atoms. The maximum Gasteiger partial charge on any atom is 0.263 e. The van der Waals surface area contributed by atoms with Crippen LogP contribution >= 0.6 is 11.3 Å². The summed E-state index contributed by atoms with van der Waals surface area (Å²) in [6, 6.07) is 0. The van der Waals surface area contributed by atoms with E-state index in [-0.39, 0.29) is 12.5 Å². The van der Waals surface area contributed by atoms with Gasteiger partial charge in [0.05, 0.1) is 11.3 Å². The van der Waals surface area contributed by atoms with Gasteiger partial charge >= 0.3 is 0 Å². The Labute approximate surface area is 98.7 Å². The second-order valence-electron chi connectivity index (χ2n) is 4.00. The molecule has 1 amide bonds. The zero-order valence-electron chi connectivity index (χ0n) is 9.70. The Morgan fingerprint density at radius 1 is 1.69 bits per heavy atom. The van der Waals surface area contributed by atoms with Crippen molar-refractivity contribution in [2.24, 2.45) is 0 Å². The second kappa shape index (κ2) is 4.80. The number of aliphatic hydroxyl groups is 1. The molecule has 1 heterocycles. The number of thiazole rings is 1. The fourth-order valence-corrected chi connectivity index (χ4v) is 1.85. The van der Waals surface area contributed by atoms with E-state index in [4.69, 9.17) is 5.73 Å². The second-order valence-corrected chi connectivity index (χ2v) is 5.03. The molecule has 1 aromatic rings. The number of aryl methyl sites for hydroxylation is 1. The Morgan fingerprint density at radius 2 is 2.31 bits per heavy atom. The molecule has 0 aliphatic carbocycles. The molecular formula is C10H17N3O2S. The van der Waals surface area contributed by atoms with Gasteiger partial charge in [0.2, 0.25) is 0 Å². The van der Waals surface area contributed by atoms with Crippen LogP contribution in [0.3, 0.4) is 0 Å². The van der Waals surface area contributed by atoms with Gasteiger partial charge in [-0.15, -0.1) is 0 Å². The van der Waals surface area contributed by atoms with Crippen LogP contribution < -0.4 is 11.1 Å². The summed E-state index contributed by atoms with van der Waals surface area (Å²) in [5.74, 6) is -0.236. The van der Waals surface area contributed by atoms with Crippen LogP contribution in [0.2, 0.25) is 0 Å². The molecule has 0 fully saturated rings. The predicted octanol–water partition coefficient (Wildman–Crippen LogP) is 0.925. The van der Waals surface area contributed by atoms with Gasteiger partial charge in [-0.25, -0.2) is 4.98 Å². The smallest absolute Gasteiger partial charge is 0.263 e. The summed E-state index contributed by atoms with van der Waals surface area (Å²) >= 11 is 1.15. The van der Waals surface area contributed by atoms with Crippen molar-refractivity contribution in [3.05, 3.63) is 10.6 Å². The van der Waals surface area contributed by atoms with Gasteiger partial charge in [0.15, 0.2) is 5.13 Å². The fraction of sp³-hybridized carbons (Fsp3) is 0.600. The molecule has 4 N–H and O–H groups in total. The Hall–Kier alpha value is -1.14. The number of nitrogen functional groups attached to an aromatic ring is 1. The lowest BCUT2D eigenvalue weighted by Gasteiger charge is -2.21. The van der Waals surface area contributed by atoms with Gasteiger partial charge in [0.1, 0.15) is 4.88 Å². The third-order valence-electron chi connectivity index (χ3n) is 2.41. The Bertz CT molecular complexity index is 387. The minimum Gasteiger partial charge on any atom is -0.388 e. The number of nitrogens with zero attached hydrogens (tertiary/aromatic N) is 1. The van der Waals surface area contributed by atoms with Gasteiger partial charge in [-0.2, -0.15) is 0 Å². The van der Waals surface area contributed by atoms with Crippen molar-refractivity contribution in [2.75, 3.05) is 12.3 Å². The summed E-state index contributed by atoms with van der Waals surface area (Å²) in [6.45, 7) is 5.50. The first-order chi connectivity index (χ1) is 7.35. The summed E-state index contributed by atoms with van der Waals surface area (Å²) < 4.78 is 0. The molecule has 5 nitrogen and oxygen atoms in total. The van der Waals surface area contributed by atoms with Crippen molar-refractivity contribution >= 4 is 22.4 Å². The van der Waals surface area contributed by atoms with Crippen LogP contribution in [0.1, 0.15) is 35.6 Å². The summed E-state index contributed by atoms with van der Waals surface area (Å²) in [5, 5.41) is 12.8. The predicted molar refractivity (Wildman–Crippen MR) is 64.5 cm³/mol. The highest BCUT2D eigenvalue weighted by atomic mass is 32.1. The molecule has 0 aliphatic heterocycles. The zero-order chi connectivity index (χ0) is 12.3. The van der Waals surface area contributed by atoms with Crippen LogP contribution in [0.15, 0.2) is 0 Å². The number of aromatic nitrogens is 1. The van der Waals surface area contributed by atoms with Crippen LogP contribution in [0.25, 0.3) is 0 Å². The van der Waals surface area contributed by atoms with E-state index in [0.29, 0.717) is 22.1 Å². The summed E-state index contributed by atoms with van der Waals surface area (Å²) in [7, 11) is 0. The van der Waals surface area contributed by atoms with Crippen molar-refractivity contribution < 1.29 is 9.90 Å². The lowest BCUT2D eigenvalue weighted by molar-refractivity contribution is 0.0519. The topological polar surface area (TPSA) is 88.2 Å². The molecule has 0 aliphatic rings. The molecule has 90 valence electrons. The van der Waals surface area contributed by atoms with Crippen molar-refractivity contribution in [1.29, 1.82) is 0 Å². The molecule has 1 rings (SSSR count). The number of rotatable bonds is 4. The van der Waals surface area contributed by atoms with Gasteiger partial charge in [-0.05, 0) is 20.3 Å². The van der Waals surface area contributed by atoms with E-state index in [9.17, 15) is 9.90 Å². The molecule has 16 heavy (non-hydrogen) atoms. The number of carbonyl (C=O) groups is 1. The minimum absolute atomic E-state index is 0.222. The van der Waals surface area contributed by atoms with E-state index in [1.165, 1.54) is 0 Å². The standard InChI is InChI=1S/C10H17N3O2S/c1-4-10(3,15)5-12-8(14)7-6(2)13-9(11)16-7/h15H,4-5H2,1-3H3,(H2,11,13)(H,12,14). The molecular weight excluding hydrogens is 226 g/mol. The van der Waals surface area contributed by atoms with E-state index < -0.39 is 5.60 Å². The summed E-state index contributed by atoms with van der Waals surface area (Å²) in [6.07, 6.45) is 0.580. The molecule has 1 aromatic heterocycles. The lowest BCUT2D eigenvalue weighted by atomic mass is 10.0. The molecule has 0 bridgehead atoms. The highest BCUT2D eigenvalue weighted by Crippen LogP contribution is 2.19. The largest absolute Gasteiger partial charge is 0.388 e. The minimum atomic E-state index is -0.875. The van der Waals surface area contributed by atoms with Crippen molar-refractivity contribution in [3.63, 3.8) is 0 Å². The fourth-order valence-electron chi connectivity index (χ4n) is 1.10. The average molecular weight is 243 g/mol. The number of amides is 1. The third kappa shape index (κ3) is 3.18. The number of anilines is 1. The first kappa shape index (κ1) is 12.9. The number of hydrogen-bond acceptors (Lipinski definition) is 5. The molecule has 1 unspecified atom stereocenters. The van der Waals surface area contributed by atoms with Gasteiger partial charge in [-0.1, -0.05) is 18.3 Å². The molecule has 0 saturated carbocycles. The number of nitrogens with two attached hydrogens (primary N) is 1. The number of carbonyl (C=O) groups excluding carboxylic acids is 1. The lowest BCUT2D eigenvalue weighted by Crippen LogP contribution is -2.40. The van der Waals surface area contributed by atoms with Crippen molar-refractivity contribution in [3.8, 4) is 0 Å². The first-order valence-corrected chi connectivity index (χ1v) is 5.91.